The van der Waals surface area contributed by atoms with E-state index >= 15 is 0 Å². The van der Waals surface area contributed by atoms with Gasteiger partial charge in [-0.1, -0.05) is 6.07 Å². The van der Waals surface area contributed by atoms with Crippen LogP contribution in [0.15, 0.2) is 24.3 Å². The first-order valence-corrected chi connectivity index (χ1v) is 4.57. The monoisotopic (exact) mass is 190 g/mol. The summed E-state index contributed by atoms with van der Waals surface area (Å²) in [4.78, 5) is 13.2. The number of hydrogen-bond acceptors (Lipinski definition) is 2. The van der Waals surface area contributed by atoms with E-state index in [1.165, 1.54) is 0 Å². The van der Waals surface area contributed by atoms with E-state index in [1.807, 2.05) is 30.7 Å². The third-order valence-electron chi connectivity index (χ3n) is 2.30. The topological polar surface area (TPSA) is 29.5 Å². The van der Waals surface area contributed by atoms with E-state index < -0.39 is 0 Å². The standard InChI is InChI=1S/C11H12NO2/c1-14-10-5-2-4-9(8-10)12-7-3-6-11(12)13/h2-5,8H,6-7H2,1H3. The van der Waals surface area contributed by atoms with Crippen LogP contribution < -0.4 is 9.64 Å². The van der Waals surface area contributed by atoms with Gasteiger partial charge < -0.3 is 9.64 Å². The van der Waals surface area contributed by atoms with Crippen LogP contribution in [0.3, 0.4) is 0 Å². The van der Waals surface area contributed by atoms with Gasteiger partial charge in [0.2, 0.25) is 5.91 Å². The number of ether oxygens (including phenoxy) is 1. The maximum atomic E-state index is 11.4. The van der Waals surface area contributed by atoms with Gasteiger partial charge in [-0.2, -0.15) is 0 Å². The van der Waals surface area contributed by atoms with Crippen molar-refractivity contribution >= 4 is 11.6 Å². The molecule has 0 unspecified atom stereocenters. The molecule has 0 atom stereocenters. The Kier molecular flexibility index (Phi) is 2.39. The molecule has 1 amide bonds. The highest BCUT2D eigenvalue weighted by Crippen LogP contribution is 2.24. The fourth-order valence-electron chi connectivity index (χ4n) is 1.56. The number of nitrogens with zero attached hydrogens (tertiary/aromatic N) is 1. The SMILES string of the molecule is COc1cccc(N2C[CH]CC2=O)c1. The Balaban J connectivity index is 2.26. The summed E-state index contributed by atoms with van der Waals surface area (Å²) in [5.41, 5.74) is 0.906. The summed E-state index contributed by atoms with van der Waals surface area (Å²) in [6.07, 6.45) is 2.51. The smallest absolute Gasteiger partial charge is 0.227 e. The average Bonchev–Trinajstić information content (AvgIpc) is 2.65. The summed E-state index contributed by atoms with van der Waals surface area (Å²) in [6, 6.07) is 7.55. The average molecular weight is 190 g/mol. The van der Waals surface area contributed by atoms with E-state index in [4.69, 9.17) is 4.74 Å². The Labute approximate surface area is 83.3 Å². The highest BCUT2D eigenvalue weighted by atomic mass is 16.5. The Morgan fingerprint density at radius 3 is 2.93 bits per heavy atom. The van der Waals surface area contributed by atoms with Crippen LogP contribution >= 0.6 is 0 Å². The fourth-order valence-corrected chi connectivity index (χ4v) is 1.56. The molecule has 14 heavy (non-hydrogen) atoms. The zero-order valence-electron chi connectivity index (χ0n) is 8.06. The lowest BCUT2D eigenvalue weighted by atomic mass is 10.3. The first kappa shape index (κ1) is 9.06. The number of rotatable bonds is 2. The molecule has 73 valence electrons. The van der Waals surface area contributed by atoms with Crippen molar-refractivity contribution in [3.8, 4) is 5.75 Å². The van der Waals surface area contributed by atoms with E-state index in [0.717, 1.165) is 11.4 Å². The van der Waals surface area contributed by atoms with Crippen molar-refractivity contribution in [2.24, 2.45) is 0 Å². The summed E-state index contributed by atoms with van der Waals surface area (Å²) >= 11 is 0. The van der Waals surface area contributed by atoms with Gasteiger partial charge in [-0.25, -0.2) is 0 Å². The van der Waals surface area contributed by atoms with Gasteiger partial charge in [-0.3, -0.25) is 4.79 Å². The fraction of sp³-hybridized carbons (Fsp3) is 0.273. The predicted molar refractivity (Wildman–Crippen MR) is 54.3 cm³/mol. The molecular weight excluding hydrogens is 178 g/mol. The van der Waals surface area contributed by atoms with E-state index in [9.17, 15) is 4.79 Å². The molecule has 1 aromatic rings. The van der Waals surface area contributed by atoms with Gasteiger partial charge >= 0.3 is 0 Å². The van der Waals surface area contributed by atoms with Gasteiger partial charge in [0.15, 0.2) is 0 Å². The van der Waals surface area contributed by atoms with Crippen molar-refractivity contribution in [1.82, 2.24) is 0 Å². The van der Waals surface area contributed by atoms with Crippen LogP contribution in [0.1, 0.15) is 6.42 Å². The minimum atomic E-state index is 0.151. The van der Waals surface area contributed by atoms with Crippen molar-refractivity contribution in [2.75, 3.05) is 18.6 Å². The summed E-state index contributed by atoms with van der Waals surface area (Å²) < 4.78 is 5.10. The summed E-state index contributed by atoms with van der Waals surface area (Å²) in [5, 5.41) is 0. The van der Waals surface area contributed by atoms with Crippen LogP contribution in [0.25, 0.3) is 0 Å². The lowest BCUT2D eigenvalue weighted by molar-refractivity contribution is -0.116. The highest BCUT2D eigenvalue weighted by molar-refractivity contribution is 5.96. The quantitative estimate of drug-likeness (QED) is 0.709. The summed E-state index contributed by atoms with van der Waals surface area (Å²) in [6.45, 7) is 0.700. The second-order valence-corrected chi connectivity index (χ2v) is 3.20. The molecule has 1 aliphatic rings. The predicted octanol–water partition coefficient (Wildman–Crippen LogP) is 1.64. The highest BCUT2D eigenvalue weighted by Gasteiger charge is 2.21. The van der Waals surface area contributed by atoms with Crippen molar-refractivity contribution < 1.29 is 9.53 Å². The van der Waals surface area contributed by atoms with Crippen LogP contribution in [0, 0.1) is 6.42 Å². The maximum Gasteiger partial charge on any atom is 0.227 e. The van der Waals surface area contributed by atoms with E-state index in [0.29, 0.717) is 13.0 Å². The first-order chi connectivity index (χ1) is 6.81. The van der Waals surface area contributed by atoms with Crippen molar-refractivity contribution in [3.05, 3.63) is 30.7 Å². The molecule has 3 nitrogen and oxygen atoms in total. The largest absolute Gasteiger partial charge is 0.497 e. The van der Waals surface area contributed by atoms with Gasteiger partial charge in [-0.15, -0.1) is 0 Å². The second kappa shape index (κ2) is 3.70. The molecular formula is C11H12NO2. The molecule has 1 aliphatic heterocycles. The number of carbonyl (C=O) groups is 1. The molecule has 1 fully saturated rings. The van der Waals surface area contributed by atoms with Crippen molar-refractivity contribution in [3.63, 3.8) is 0 Å². The normalized spacial score (nSPS) is 16.1. The van der Waals surface area contributed by atoms with Gasteiger partial charge in [0.25, 0.3) is 0 Å². The molecule has 2 rings (SSSR count). The lowest BCUT2D eigenvalue weighted by Crippen LogP contribution is -2.23. The van der Waals surface area contributed by atoms with Crippen molar-refractivity contribution in [2.45, 2.75) is 6.42 Å². The van der Waals surface area contributed by atoms with E-state index in [-0.39, 0.29) is 5.91 Å². The van der Waals surface area contributed by atoms with Crippen molar-refractivity contribution in [1.29, 1.82) is 0 Å². The van der Waals surface area contributed by atoms with E-state index in [2.05, 4.69) is 0 Å². The number of hydrogen-bond donors (Lipinski definition) is 0. The van der Waals surface area contributed by atoms with E-state index in [1.54, 1.807) is 12.0 Å². The maximum absolute atomic E-state index is 11.4. The molecule has 1 aromatic carbocycles. The molecule has 0 aliphatic carbocycles. The molecule has 1 radical (unpaired) electrons. The summed E-state index contributed by atoms with van der Waals surface area (Å²) in [7, 11) is 1.62. The number of amides is 1. The molecule has 1 heterocycles. The Bertz CT molecular complexity index is 349. The van der Waals surface area contributed by atoms with Crippen LogP contribution in [0.5, 0.6) is 5.75 Å². The molecule has 0 saturated carbocycles. The third-order valence-corrected chi connectivity index (χ3v) is 2.30. The molecule has 0 spiro atoms. The van der Waals surface area contributed by atoms with Crippen LogP contribution in [0.2, 0.25) is 0 Å². The zero-order valence-corrected chi connectivity index (χ0v) is 8.06. The van der Waals surface area contributed by atoms with Crippen LogP contribution in [-0.4, -0.2) is 19.6 Å². The first-order valence-electron chi connectivity index (χ1n) is 4.57. The third kappa shape index (κ3) is 1.58. The van der Waals surface area contributed by atoms with Crippen LogP contribution in [0.4, 0.5) is 5.69 Å². The molecule has 0 bridgehead atoms. The lowest BCUT2D eigenvalue weighted by Gasteiger charge is -2.15. The minimum absolute atomic E-state index is 0.151. The van der Waals surface area contributed by atoms with Gasteiger partial charge in [0, 0.05) is 24.7 Å². The van der Waals surface area contributed by atoms with Crippen LogP contribution in [-0.2, 0) is 4.79 Å². The second-order valence-electron chi connectivity index (χ2n) is 3.20. The number of benzene rings is 1. The number of carbonyl (C=O) groups excluding carboxylic acids is 1. The molecule has 0 N–H and O–H groups in total. The van der Waals surface area contributed by atoms with Gasteiger partial charge in [0.1, 0.15) is 5.75 Å². The van der Waals surface area contributed by atoms with Gasteiger partial charge in [-0.05, 0) is 18.6 Å². The molecule has 0 aromatic heterocycles. The Morgan fingerprint density at radius 2 is 2.29 bits per heavy atom. The zero-order chi connectivity index (χ0) is 9.97. The number of anilines is 1. The molecule has 3 heteroatoms. The Hall–Kier alpha value is -1.51. The van der Waals surface area contributed by atoms with Gasteiger partial charge in [0.05, 0.1) is 7.11 Å². The molecule has 1 saturated heterocycles. The summed E-state index contributed by atoms with van der Waals surface area (Å²) in [5.74, 6) is 0.931. The number of methoxy groups -OCH3 is 1. The minimum Gasteiger partial charge on any atom is -0.497 e. The Morgan fingerprint density at radius 1 is 1.43 bits per heavy atom.